The van der Waals surface area contributed by atoms with Crippen molar-refractivity contribution in [2.45, 2.75) is 6.92 Å². The number of nitriles is 1. The molecule has 150 valence electrons. The summed E-state index contributed by atoms with van der Waals surface area (Å²) in [5.74, 6) is -0.772. The summed E-state index contributed by atoms with van der Waals surface area (Å²) in [5, 5.41) is 13.4. The van der Waals surface area contributed by atoms with Crippen molar-refractivity contribution >= 4 is 45.0 Å². The number of para-hydroxylation sites is 2. The highest BCUT2D eigenvalue weighted by molar-refractivity contribution is 7.95. The first kappa shape index (κ1) is 22.0. The van der Waals surface area contributed by atoms with Gasteiger partial charge in [-0.05, 0) is 42.8 Å². The molecule has 29 heavy (non-hydrogen) atoms. The van der Waals surface area contributed by atoms with Gasteiger partial charge in [-0.3, -0.25) is 4.72 Å². The van der Waals surface area contributed by atoms with Crippen molar-refractivity contribution in [1.82, 2.24) is 0 Å². The number of benzene rings is 2. The first-order chi connectivity index (χ1) is 13.8. The van der Waals surface area contributed by atoms with Crippen LogP contribution in [0.1, 0.15) is 12.5 Å². The second-order valence-corrected chi connectivity index (χ2v) is 7.58. The average Bonchev–Trinajstić information content (AvgIpc) is 2.69. The van der Waals surface area contributed by atoms with Crippen LogP contribution in [-0.2, 0) is 19.6 Å². The Hall–Kier alpha value is -3.28. The van der Waals surface area contributed by atoms with E-state index in [4.69, 9.17) is 21.6 Å². The van der Waals surface area contributed by atoms with E-state index in [9.17, 15) is 13.2 Å². The summed E-state index contributed by atoms with van der Waals surface area (Å²) in [4.78, 5) is 11.7. The molecule has 0 amide bonds. The Morgan fingerprint density at radius 1 is 1.17 bits per heavy atom. The number of carbonyl (C=O) groups is 1. The standard InChI is InChI=1S/C20H18ClN3O4S/c1-2-28-20(25)16(13-22)14-23-18-5-3-4-6-19(18)24-29(26,27)12-11-15-7-9-17(21)10-8-15/h3-12,14,23-24H,2H2,1H3/b12-11+,16-14+. The first-order valence-corrected chi connectivity index (χ1v) is 10.4. The van der Waals surface area contributed by atoms with Crippen molar-refractivity contribution in [2.75, 3.05) is 16.6 Å². The molecule has 0 spiro atoms. The number of hydrogen-bond donors (Lipinski definition) is 2. The van der Waals surface area contributed by atoms with Gasteiger partial charge in [0.25, 0.3) is 10.0 Å². The summed E-state index contributed by atoms with van der Waals surface area (Å²) in [6.07, 6.45) is 2.60. The van der Waals surface area contributed by atoms with Crippen LogP contribution in [0.15, 0.2) is 65.7 Å². The molecule has 0 heterocycles. The molecule has 0 aliphatic heterocycles. The Morgan fingerprint density at radius 2 is 1.83 bits per heavy atom. The third kappa shape index (κ3) is 6.99. The molecule has 2 aromatic carbocycles. The highest BCUT2D eigenvalue weighted by atomic mass is 35.5. The zero-order chi connectivity index (χ0) is 21.3. The number of esters is 1. The van der Waals surface area contributed by atoms with Gasteiger partial charge >= 0.3 is 5.97 Å². The molecule has 7 nitrogen and oxygen atoms in total. The number of ether oxygens (including phenoxy) is 1. The van der Waals surface area contributed by atoms with Crippen LogP contribution in [0.3, 0.4) is 0 Å². The van der Waals surface area contributed by atoms with Gasteiger partial charge in [0.2, 0.25) is 0 Å². The van der Waals surface area contributed by atoms with Crippen molar-refractivity contribution in [2.24, 2.45) is 0 Å². The Kier molecular flexibility index (Phi) is 7.83. The molecule has 0 aliphatic carbocycles. The second kappa shape index (κ2) is 10.3. The predicted molar refractivity (Wildman–Crippen MR) is 113 cm³/mol. The number of hydrogen-bond acceptors (Lipinski definition) is 6. The fourth-order valence-electron chi connectivity index (χ4n) is 2.12. The Labute approximate surface area is 174 Å². The van der Waals surface area contributed by atoms with E-state index < -0.39 is 16.0 Å². The normalized spacial score (nSPS) is 11.7. The van der Waals surface area contributed by atoms with Gasteiger partial charge in [0.05, 0.1) is 23.4 Å². The predicted octanol–water partition coefficient (Wildman–Crippen LogP) is 4.14. The number of carbonyl (C=O) groups excluding carboxylic acids is 1. The van der Waals surface area contributed by atoms with Gasteiger partial charge in [-0.1, -0.05) is 35.9 Å². The molecule has 2 rings (SSSR count). The lowest BCUT2D eigenvalue weighted by Gasteiger charge is -2.11. The van der Waals surface area contributed by atoms with E-state index in [1.807, 2.05) is 0 Å². The van der Waals surface area contributed by atoms with Crippen molar-refractivity contribution in [1.29, 1.82) is 5.26 Å². The summed E-state index contributed by atoms with van der Waals surface area (Å²) in [6, 6.07) is 14.9. The summed E-state index contributed by atoms with van der Waals surface area (Å²) >= 11 is 5.81. The fourth-order valence-corrected chi connectivity index (χ4v) is 3.14. The average molecular weight is 432 g/mol. The summed E-state index contributed by atoms with van der Waals surface area (Å²) < 4.78 is 32.0. The minimum absolute atomic E-state index is 0.133. The topological polar surface area (TPSA) is 108 Å². The highest BCUT2D eigenvalue weighted by Gasteiger charge is 2.12. The van der Waals surface area contributed by atoms with Gasteiger partial charge in [-0.15, -0.1) is 0 Å². The van der Waals surface area contributed by atoms with Gasteiger partial charge in [0, 0.05) is 11.2 Å². The quantitative estimate of drug-likeness (QED) is 0.369. The monoisotopic (exact) mass is 431 g/mol. The van der Waals surface area contributed by atoms with Crippen LogP contribution >= 0.6 is 11.6 Å². The van der Waals surface area contributed by atoms with E-state index in [1.165, 1.54) is 6.08 Å². The molecule has 0 saturated carbocycles. The number of nitrogens with zero attached hydrogens (tertiary/aromatic N) is 1. The van der Waals surface area contributed by atoms with E-state index in [-0.39, 0.29) is 17.9 Å². The third-order valence-corrected chi connectivity index (χ3v) is 4.73. The molecule has 0 aliphatic rings. The number of halogens is 1. The number of rotatable bonds is 8. The summed E-state index contributed by atoms with van der Waals surface area (Å²) in [7, 11) is -3.82. The van der Waals surface area contributed by atoms with Crippen LogP contribution in [0.4, 0.5) is 11.4 Å². The van der Waals surface area contributed by atoms with Crippen LogP contribution in [0.2, 0.25) is 5.02 Å². The minimum atomic E-state index is -3.82. The van der Waals surface area contributed by atoms with E-state index in [0.29, 0.717) is 16.3 Å². The second-order valence-electron chi connectivity index (χ2n) is 5.58. The van der Waals surface area contributed by atoms with Gasteiger partial charge in [-0.2, -0.15) is 5.26 Å². The van der Waals surface area contributed by atoms with E-state index in [0.717, 1.165) is 11.6 Å². The smallest absolute Gasteiger partial charge is 0.350 e. The van der Waals surface area contributed by atoms with Crippen molar-refractivity contribution in [3.63, 3.8) is 0 Å². The molecule has 0 saturated heterocycles. The number of sulfonamides is 1. The van der Waals surface area contributed by atoms with Crippen LogP contribution in [0, 0.1) is 11.3 Å². The lowest BCUT2D eigenvalue weighted by Crippen LogP contribution is -2.11. The maximum absolute atomic E-state index is 12.4. The van der Waals surface area contributed by atoms with Crippen LogP contribution in [0.5, 0.6) is 0 Å². The van der Waals surface area contributed by atoms with E-state index in [1.54, 1.807) is 61.5 Å². The largest absolute Gasteiger partial charge is 0.462 e. The van der Waals surface area contributed by atoms with Crippen molar-refractivity contribution in [3.05, 3.63) is 76.3 Å². The maximum atomic E-state index is 12.4. The Morgan fingerprint density at radius 3 is 2.45 bits per heavy atom. The molecule has 0 atom stereocenters. The molecule has 0 unspecified atom stereocenters. The van der Waals surface area contributed by atoms with Crippen LogP contribution < -0.4 is 10.0 Å². The molecule has 2 aromatic rings. The van der Waals surface area contributed by atoms with Crippen molar-refractivity contribution < 1.29 is 17.9 Å². The number of nitrogens with one attached hydrogen (secondary N) is 2. The van der Waals surface area contributed by atoms with Gasteiger partial charge in [-0.25, -0.2) is 13.2 Å². The number of anilines is 2. The molecule has 0 fully saturated rings. The fraction of sp³-hybridized carbons (Fsp3) is 0.100. The summed E-state index contributed by atoms with van der Waals surface area (Å²) in [5.41, 5.74) is 1.02. The van der Waals surface area contributed by atoms with Gasteiger partial charge in [0.15, 0.2) is 5.57 Å². The molecule has 0 radical (unpaired) electrons. The Bertz CT molecular complexity index is 1070. The summed E-state index contributed by atoms with van der Waals surface area (Å²) in [6.45, 7) is 1.76. The minimum Gasteiger partial charge on any atom is -0.462 e. The van der Waals surface area contributed by atoms with Crippen LogP contribution in [-0.4, -0.2) is 21.0 Å². The lowest BCUT2D eigenvalue weighted by atomic mass is 10.2. The molecule has 9 heteroatoms. The Balaban J connectivity index is 2.18. The first-order valence-electron chi connectivity index (χ1n) is 8.44. The highest BCUT2D eigenvalue weighted by Crippen LogP contribution is 2.23. The zero-order valence-electron chi connectivity index (χ0n) is 15.4. The van der Waals surface area contributed by atoms with Crippen molar-refractivity contribution in [3.8, 4) is 6.07 Å². The maximum Gasteiger partial charge on any atom is 0.350 e. The lowest BCUT2D eigenvalue weighted by molar-refractivity contribution is -0.138. The third-order valence-electron chi connectivity index (χ3n) is 3.48. The molecule has 0 aromatic heterocycles. The van der Waals surface area contributed by atoms with Gasteiger partial charge < -0.3 is 10.1 Å². The molecular weight excluding hydrogens is 414 g/mol. The SMILES string of the molecule is CCOC(=O)/C(C#N)=C/Nc1ccccc1NS(=O)(=O)/C=C/c1ccc(Cl)cc1. The zero-order valence-corrected chi connectivity index (χ0v) is 17.0. The van der Waals surface area contributed by atoms with Gasteiger partial charge in [0.1, 0.15) is 6.07 Å². The molecule has 2 N–H and O–H groups in total. The van der Waals surface area contributed by atoms with E-state index in [2.05, 4.69) is 10.0 Å². The molecular formula is C20H18ClN3O4S. The van der Waals surface area contributed by atoms with Crippen LogP contribution in [0.25, 0.3) is 6.08 Å². The van der Waals surface area contributed by atoms with E-state index >= 15 is 0 Å². The molecule has 0 bridgehead atoms.